The number of hydrazone groups is 1. The van der Waals surface area contributed by atoms with Crippen LogP contribution >= 0.6 is 12.4 Å². The lowest BCUT2D eigenvalue weighted by Gasteiger charge is -2.11. The number of non-ortho nitro benzene ring substituents is 1. The van der Waals surface area contributed by atoms with Crippen molar-refractivity contribution in [1.29, 1.82) is 0 Å². The molecular weight excluding hydrogens is 480 g/mol. The van der Waals surface area contributed by atoms with Crippen molar-refractivity contribution in [2.24, 2.45) is 5.10 Å². The maximum absolute atomic E-state index is 10.9. The SMILES string of the molecule is CC(=NNc1nc(Nc2ccc([N+](=O)[O-])cc2)nc(Nc2ccc(C)c(C)c2)n1)c1ccccc1.Cl. The fraction of sp³-hybridized carbons (Fsp3) is 0.120. The van der Waals surface area contributed by atoms with E-state index in [9.17, 15) is 10.1 Å². The summed E-state index contributed by atoms with van der Waals surface area (Å²) >= 11 is 0. The molecule has 0 amide bonds. The molecular formula is C25H25ClN8O2. The first-order valence-electron chi connectivity index (χ1n) is 10.8. The summed E-state index contributed by atoms with van der Waals surface area (Å²) in [6, 6.07) is 21.7. The first kappa shape index (κ1) is 26.0. The molecule has 0 aliphatic carbocycles. The van der Waals surface area contributed by atoms with Gasteiger partial charge in [0.05, 0.1) is 10.6 Å². The Balaban J connectivity index is 0.00000361. The molecule has 0 radical (unpaired) electrons. The van der Waals surface area contributed by atoms with Crippen molar-refractivity contribution >= 4 is 53.0 Å². The molecule has 4 aromatic rings. The predicted molar refractivity (Wildman–Crippen MR) is 145 cm³/mol. The van der Waals surface area contributed by atoms with Gasteiger partial charge in [0.2, 0.25) is 17.8 Å². The van der Waals surface area contributed by atoms with Gasteiger partial charge in [0.1, 0.15) is 0 Å². The van der Waals surface area contributed by atoms with E-state index in [2.05, 4.69) is 36.1 Å². The molecule has 11 heteroatoms. The predicted octanol–water partition coefficient (Wildman–Crippen LogP) is 6.14. The Bertz CT molecular complexity index is 1380. The van der Waals surface area contributed by atoms with Crippen molar-refractivity contribution in [1.82, 2.24) is 15.0 Å². The number of nitrogens with one attached hydrogen (secondary N) is 3. The van der Waals surface area contributed by atoms with Gasteiger partial charge in [-0.3, -0.25) is 10.1 Å². The first-order valence-corrected chi connectivity index (χ1v) is 10.8. The Hall–Kier alpha value is -4.57. The van der Waals surface area contributed by atoms with E-state index in [1.165, 1.54) is 17.7 Å². The minimum Gasteiger partial charge on any atom is -0.324 e. The van der Waals surface area contributed by atoms with Gasteiger partial charge in [0.25, 0.3) is 5.69 Å². The van der Waals surface area contributed by atoms with E-state index in [1.54, 1.807) is 12.1 Å². The third kappa shape index (κ3) is 6.73. The van der Waals surface area contributed by atoms with E-state index in [1.807, 2.05) is 69.3 Å². The molecule has 3 aromatic carbocycles. The molecule has 10 nitrogen and oxygen atoms in total. The second-order valence-corrected chi connectivity index (χ2v) is 7.83. The molecule has 0 aliphatic rings. The largest absolute Gasteiger partial charge is 0.324 e. The number of nitro benzene ring substituents is 1. The van der Waals surface area contributed by atoms with E-state index >= 15 is 0 Å². The second-order valence-electron chi connectivity index (χ2n) is 7.83. The zero-order valence-corrected chi connectivity index (χ0v) is 20.7. The van der Waals surface area contributed by atoms with Crippen molar-refractivity contribution in [2.75, 3.05) is 16.1 Å². The van der Waals surface area contributed by atoms with Crippen LogP contribution in [-0.2, 0) is 0 Å². The number of hydrogen-bond donors (Lipinski definition) is 3. The summed E-state index contributed by atoms with van der Waals surface area (Å²) in [4.78, 5) is 23.8. The summed E-state index contributed by atoms with van der Waals surface area (Å²) in [5.74, 6) is 0.781. The van der Waals surface area contributed by atoms with Gasteiger partial charge in [-0.05, 0) is 61.7 Å². The van der Waals surface area contributed by atoms with Gasteiger partial charge in [-0.25, -0.2) is 5.43 Å². The average molecular weight is 505 g/mol. The Morgan fingerprint density at radius 2 is 1.39 bits per heavy atom. The first-order chi connectivity index (χ1) is 16.9. The zero-order chi connectivity index (χ0) is 24.8. The summed E-state index contributed by atoms with van der Waals surface area (Å²) in [7, 11) is 0. The number of halogens is 1. The molecule has 36 heavy (non-hydrogen) atoms. The molecule has 184 valence electrons. The molecule has 0 aliphatic heterocycles. The average Bonchev–Trinajstić information content (AvgIpc) is 2.85. The Morgan fingerprint density at radius 1 is 0.806 bits per heavy atom. The van der Waals surface area contributed by atoms with Gasteiger partial charge in [-0.15, -0.1) is 12.4 Å². The third-order valence-electron chi connectivity index (χ3n) is 5.25. The number of anilines is 5. The van der Waals surface area contributed by atoms with Gasteiger partial charge >= 0.3 is 0 Å². The van der Waals surface area contributed by atoms with Crippen LogP contribution in [0.5, 0.6) is 0 Å². The summed E-state index contributed by atoms with van der Waals surface area (Å²) in [6.45, 7) is 5.96. The van der Waals surface area contributed by atoms with Gasteiger partial charge < -0.3 is 10.6 Å². The van der Waals surface area contributed by atoms with Crippen LogP contribution in [0.25, 0.3) is 0 Å². The molecule has 0 bridgehead atoms. The van der Waals surface area contributed by atoms with Crippen LogP contribution < -0.4 is 16.1 Å². The highest BCUT2D eigenvalue weighted by molar-refractivity contribution is 5.98. The summed E-state index contributed by atoms with van der Waals surface area (Å²) in [5, 5.41) is 21.6. The van der Waals surface area contributed by atoms with Gasteiger partial charge in [-0.2, -0.15) is 20.1 Å². The van der Waals surface area contributed by atoms with Crippen LogP contribution in [0, 0.1) is 24.0 Å². The van der Waals surface area contributed by atoms with Crippen LogP contribution in [-0.4, -0.2) is 25.6 Å². The molecule has 0 unspecified atom stereocenters. The number of rotatable bonds is 8. The van der Waals surface area contributed by atoms with Crippen molar-refractivity contribution in [3.63, 3.8) is 0 Å². The molecule has 0 spiro atoms. The molecule has 4 rings (SSSR count). The molecule has 0 fully saturated rings. The number of aryl methyl sites for hydroxylation is 2. The monoisotopic (exact) mass is 504 g/mol. The van der Waals surface area contributed by atoms with E-state index in [0.717, 1.165) is 22.5 Å². The van der Waals surface area contributed by atoms with Crippen LogP contribution in [0.4, 0.5) is 34.9 Å². The van der Waals surface area contributed by atoms with E-state index < -0.39 is 4.92 Å². The number of nitrogens with zero attached hydrogens (tertiary/aromatic N) is 5. The normalized spacial score (nSPS) is 10.8. The Morgan fingerprint density at radius 3 is 2.00 bits per heavy atom. The van der Waals surface area contributed by atoms with E-state index in [0.29, 0.717) is 11.6 Å². The summed E-state index contributed by atoms with van der Waals surface area (Å²) in [5.41, 5.74) is 8.36. The number of aromatic nitrogens is 3. The smallest absolute Gasteiger partial charge is 0.269 e. The van der Waals surface area contributed by atoms with Crippen LogP contribution in [0.15, 0.2) is 77.9 Å². The quantitative estimate of drug-likeness (QED) is 0.148. The highest BCUT2D eigenvalue weighted by Crippen LogP contribution is 2.22. The highest BCUT2D eigenvalue weighted by Gasteiger charge is 2.10. The zero-order valence-electron chi connectivity index (χ0n) is 19.9. The van der Waals surface area contributed by atoms with E-state index in [-0.39, 0.29) is 30.0 Å². The number of benzene rings is 3. The van der Waals surface area contributed by atoms with Gasteiger partial charge in [-0.1, -0.05) is 36.4 Å². The van der Waals surface area contributed by atoms with Crippen molar-refractivity contribution in [3.8, 4) is 0 Å². The lowest BCUT2D eigenvalue weighted by atomic mass is 10.1. The van der Waals surface area contributed by atoms with Crippen molar-refractivity contribution in [2.45, 2.75) is 20.8 Å². The molecule has 1 heterocycles. The number of hydrogen-bond acceptors (Lipinski definition) is 9. The molecule has 0 saturated heterocycles. The topological polar surface area (TPSA) is 130 Å². The fourth-order valence-electron chi connectivity index (χ4n) is 3.16. The molecule has 0 atom stereocenters. The number of nitro groups is 1. The lowest BCUT2D eigenvalue weighted by Crippen LogP contribution is -2.08. The molecule has 3 N–H and O–H groups in total. The Kier molecular flexibility index (Phi) is 8.48. The summed E-state index contributed by atoms with van der Waals surface area (Å²) in [6.07, 6.45) is 0. The van der Waals surface area contributed by atoms with Gasteiger partial charge in [0, 0.05) is 23.5 Å². The maximum atomic E-state index is 10.9. The van der Waals surface area contributed by atoms with Gasteiger partial charge in [0.15, 0.2) is 0 Å². The third-order valence-corrected chi connectivity index (χ3v) is 5.25. The highest BCUT2D eigenvalue weighted by atomic mass is 35.5. The van der Waals surface area contributed by atoms with Crippen LogP contribution in [0.1, 0.15) is 23.6 Å². The van der Waals surface area contributed by atoms with E-state index in [4.69, 9.17) is 0 Å². The molecule has 1 aromatic heterocycles. The van der Waals surface area contributed by atoms with Crippen molar-refractivity contribution in [3.05, 3.63) is 99.6 Å². The van der Waals surface area contributed by atoms with Crippen LogP contribution in [0.3, 0.4) is 0 Å². The van der Waals surface area contributed by atoms with Crippen LogP contribution in [0.2, 0.25) is 0 Å². The van der Waals surface area contributed by atoms with Crippen molar-refractivity contribution < 1.29 is 4.92 Å². The molecule has 0 saturated carbocycles. The maximum Gasteiger partial charge on any atom is 0.269 e. The lowest BCUT2D eigenvalue weighted by molar-refractivity contribution is -0.384. The second kappa shape index (κ2) is 11.7. The Labute approximate surface area is 214 Å². The minimum atomic E-state index is -0.451. The summed E-state index contributed by atoms with van der Waals surface area (Å²) < 4.78 is 0. The fourth-order valence-corrected chi connectivity index (χ4v) is 3.16. The standard InChI is InChI=1S/C25H24N8O2.ClH/c1-16-9-10-21(15-17(16)2)27-24-28-23(26-20-11-13-22(14-12-20)33(34)35)29-25(30-24)32-31-18(3)19-7-5-4-6-8-19;/h4-15H,1-3H3,(H3,26,27,28,29,30,32);1H. The minimum absolute atomic E-state index is 0.